The van der Waals surface area contributed by atoms with E-state index in [4.69, 9.17) is 4.74 Å². The Balaban J connectivity index is 2.39. The van der Waals surface area contributed by atoms with E-state index in [0.29, 0.717) is 16.7 Å². The van der Waals surface area contributed by atoms with Gasteiger partial charge in [0.1, 0.15) is 0 Å². The van der Waals surface area contributed by atoms with Crippen molar-refractivity contribution in [3.05, 3.63) is 59.7 Å². The van der Waals surface area contributed by atoms with Gasteiger partial charge in [-0.1, -0.05) is 42.5 Å². The molecule has 0 atom stereocenters. The van der Waals surface area contributed by atoms with Gasteiger partial charge in [0.15, 0.2) is 0 Å². The van der Waals surface area contributed by atoms with Crippen LogP contribution in [0.15, 0.2) is 48.5 Å². The van der Waals surface area contributed by atoms with E-state index in [2.05, 4.69) is 0 Å². The lowest BCUT2D eigenvalue weighted by atomic mass is 9.97. The van der Waals surface area contributed by atoms with Crippen molar-refractivity contribution in [2.24, 2.45) is 0 Å². The van der Waals surface area contributed by atoms with Crippen LogP contribution in [0.4, 0.5) is 8.78 Å². The molecule has 0 aromatic heterocycles. The molecule has 0 saturated heterocycles. The molecular weight excluding hydrogens is 286 g/mol. The van der Waals surface area contributed by atoms with Crippen LogP contribution >= 0.6 is 0 Å². The van der Waals surface area contributed by atoms with Gasteiger partial charge in [0, 0.05) is 12.5 Å². The molecule has 2 nitrogen and oxygen atoms in total. The summed E-state index contributed by atoms with van der Waals surface area (Å²) in [6.45, 7) is 4.41. The molecule has 4 heteroatoms. The van der Waals surface area contributed by atoms with E-state index >= 15 is 0 Å². The summed E-state index contributed by atoms with van der Waals surface area (Å²) in [5.74, 6) is -3.30. The quantitative estimate of drug-likeness (QED) is 0.740. The first-order valence-corrected chi connectivity index (χ1v) is 7.08. The van der Waals surface area contributed by atoms with Crippen molar-refractivity contribution < 1.29 is 18.3 Å². The van der Waals surface area contributed by atoms with Gasteiger partial charge >= 0.3 is 5.97 Å². The van der Waals surface area contributed by atoms with Gasteiger partial charge in [0.25, 0.3) is 5.92 Å². The first kappa shape index (κ1) is 16.1. The number of esters is 1. The van der Waals surface area contributed by atoms with Gasteiger partial charge in [-0.2, -0.15) is 0 Å². The summed E-state index contributed by atoms with van der Waals surface area (Å²) in [4.78, 5) is 12.1. The first-order valence-electron chi connectivity index (χ1n) is 7.08. The van der Waals surface area contributed by atoms with Crippen LogP contribution in [0.25, 0.3) is 11.1 Å². The molecule has 0 amide bonds. The van der Waals surface area contributed by atoms with Gasteiger partial charge in [0.2, 0.25) is 0 Å². The number of rotatable bonds is 4. The molecule has 0 N–H and O–H groups in total. The molecule has 0 aliphatic heterocycles. The minimum Gasteiger partial charge on any atom is -0.459 e. The lowest BCUT2D eigenvalue weighted by Gasteiger charge is -2.14. The Kier molecular flexibility index (Phi) is 4.59. The Hall–Kier alpha value is -2.23. The third-order valence-corrected chi connectivity index (χ3v) is 3.19. The Bertz CT molecular complexity index is 656. The summed E-state index contributed by atoms with van der Waals surface area (Å²) < 4.78 is 31.7. The van der Waals surface area contributed by atoms with Crippen molar-refractivity contribution in [1.29, 1.82) is 0 Å². The van der Waals surface area contributed by atoms with Gasteiger partial charge in [-0.05, 0) is 31.0 Å². The normalized spacial score (nSPS) is 11.5. The fourth-order valence-corrected chi connectivity index (χ4v) is 2.13. The fourth-order valence-electron chi connectivity index (χ4n) is 2.13. The molecule has 0 fully saturated rings. The monoisotopic (exact) mass is 304 g/mol. The lowest BCUT2D eigenvalue weighted by molar-refractivity contribution is 0.0174. The maximum atomic E-state index is 13.3. The second-order valence-corrected chi connectivity index (χ2v) is 5.47. The summed E-state index contributed by atoms with van der Waals surface area (Å²) in [5.41, 5.74) is 1.73. The highest BCUT2D eigenvalue weighted by Gasteiger charge is 2.24. The minimum absolute atomic E-state index is 0.0570. The van der Waals surface area contributed by atoms with Crippen LogP contribution in [0.2, 0.25) is 0 Å². The van der Waals surface area contributed by atoms with Gasteiger partial charge in [-0.15, -0.1) is 0 Å². The lowest BCUT2D eigenvalue weighted by Crippen LogP contribution is -2.12. The number of ether oxygens (including phenoxy) is 1. The van der Waals surface area contributed by atoms with Crippen molar-refractivity contribution in [2.45, 2.75) is 32.8 Å². The number of carbonyl (C=O) groups is 1. The minimum atomic E-state index is -2.88. The van der Waals surface area contributed by atoms with Crippen molar-refractivity contribution in [2.75, 3.05) is 0 Å². The Morgan fingerprint density at radius 3 is 2.18 bits per heavy atom. The standard InChI is InChI=1S/C18H18F2O2/c1-12(2)22-17(21)16-7-5-4-6-15(16)13-8-10-14(11-9-13)18(3,19)20/h4-12H,1-3H3. The molecule has 0 heterocycles. The van der Waals surface area contributed by atoms with Crippen LogP contribution in [0, 0.1) is 0 Å². The van der Waals surface area contributed by atoms with Crippen LogP contribution in [0.3, 0.4) is 0 Å². The summed E-state index contributed by atoms with van der Waals surface area (Å²) >= 11 is 0. The maximum Gasteiger partial charge on any atom is 0.339 e. The zero-order chi connectivity index (χ0) is 16.3. The Morgan fingerprint density at radius 1 is 1.05 bits per heavy atom. The molecular formula is C18H18F2O2. The van der Waals surface area contributed by atoms with Crippen LogP contribution in [0.5, 0.6) is 0 Å². The number of carbonyl (C=O) groups excluding carboxylic acids is 1. The van der Waals surface area contributed by atoms with E-state index in [9.17, 15) is 13.6 Å². The van der Waals surface area contributed by atoms with E-state index in [0.717, 1.165) is 6.92 Å². The van der Waals surface area contributed by atoms with Gasteiger partial charge in [0.05, 0.1) is 11.7 Å². The molecule has 2 aromatic rings. The van der Waals surface area contributed by atoms with Crippen molar-refractivity contribution in [3.63, 3.8) is 0 Å². The van der Waals surface area contributed by atoms with Gasteiger partial charge in [-0.25, -0.2) is 13.6 Å². The Labute approximate surface area is 128 Å². The highest BCUT2D eigenvalue weighted by atomic mass is 19.3. The Morgan fingerprint density at radius 2 is 1.64 bits per heavy atom. The van der Waals surface area contributed by atoms with E-state index in [1.807, 2.05) is 0 Å². The van der Waals surface area contributed by atoms with Crippen LogP contribution in [-0.2, 0) is 10.7 Å². The number of alkyl halides is 2. The van der Waals surface area contributed by atoms with E-state index in [1.54, 1.807) is 50.2 Å². The van der Waals surface area contributed by atoms with E-state index in [-0.39, 0.29) is 11.7 Å². The summed E-state index contributed by atoms with van der Waals surface area (Å²) in [6.07, 6.45) is -0.221. The van der Waals surface area contributed by atoms with E-state index in [1.165, 1.54) is 12.1 Å². The second kappa shape index (κ2) is 6.26. The van der Waals surface area contributed by atoms with Crippen molar-refractivity contribution in [3.8, 4) is 11.1 Å². The highest BCUT2D eigenvalue weighted by Crippen LogP contribution is 2.30. The van der Waals surface area contributed by atoms with Crippen LogP contribution < -0.4 is 0 Å². The number of hydrogen-bond acceptors (Lipinski definition) is 2. The van der Waals surface area contributed by atoms with Crippen LogP contribution in [-0.4, -0.2) is 12.1 Å². The average Bonchev–Trinajstić information content (AvgIpc) is 2.46. The molecule has 0 saturated carbocycles. The zero-order valence-electron chi connectivity index (χ0n) is 12.8. The molecule has 2 aromatic carbocycles. The van der Waals surface area contributed by atoms with Crippen LogP contribution in [0.1, 0.15) is 36.7 Å². The summed E-state index contributed by atoms with van der Waals surface area (Å²) in [6, 6.07) is 12.9. The smallest absolute Gasteiger partial charge is 0.339 e. The number of benzene rings is 2. The van der Waals surface area contributed by atoms with Gasteiger partial charge in [-0.3, -0.25) is 0 Å². The molecule has 0 radical (unpaired) electrons. The average molecular weight is 304 g/mol. The summed E-state index contributed by atoms with van der Waals surface area (Å²) in [7, 11) is 0. The molecule has 0 bridgehead atoms. The third-order valence-electron chi connectivity index (χ3n) is 3.19. The maximum absolute atomic E-state index is 13.3. The molecule has 2 rings (SSSR count). The predicted octanol–water partition coefficient (Wildman–Crippen LogP) is 5.03. The molecule has 0 unspecified atom stereocenters. The van der Waals surface area contributed by atoms with Crippen molar-refractivity contribution >= 4 is 5.97 Å². The SMILES string of the molecule is CC(C)OC(=O)c1ccccc1-c1ccc(C(C)(F)F)cc1. The predicted molar refractivity (Wildman–Crippen MR) is 82.0 cm³/mol. The number of halogens is 2. The topological polar surface area (TPSA) is 26.3 Å². The molecule has 22 heavy (non-hydrogen) atoms. The first-order chi connectivity index (χ1) is 10.3. The second-order valence-electron chi connectivity index (χ2n) is 5.47. The molecule has 0 aliphatic carbocycles. The summed E-state index contributed by atoms with van der Waals surface area (Å²) in [5, 5.41) is 0. The largest absolute Gasteiger partial charge is 0.459 e. The molecule has 0 aliphatic rings. The van der Waals surface area contributed by atoms with E-state index < -0.39 is 11.9 Å². The van der Waals surface area contributed by atoms with Crippen molar-refractivity contribution in [1.82, 2.24) is 0 Å². The number of hydrogen-bond donors (Lipinski definition) is 0. The molecule has 116 valence electrons. The molecule has 0 spiro atoms. The highest BCUT2D eigenvalue weighted by molar-refractivity contribution is 5.97. The fraction of sp³-hybridized carbons (Fsp3) is 0.278. The zero-order valence-corrected chi connectivity index (χ0v) is 12.8. The third kappa shape index (κ3) is 3.70. The van der Waals surface area contributed by atoms with Gasteiger partial charge < -0.3 is 4.74 Å².